The molecule has 1 unspecified atom stereocenters. The van der Waals surface area contributed by atoms with Crippen LogP contribution in [0, 0.1) is 6.92 Å². The maximum atomic E-state index is 12.7. The molecule has 2 heterocycles. The number of nitrogens with zero attached hydrogens (tertiary/aromatic N) is 1. The van der Waals surface area contributed by atoms with E-state index in [0.717, 1.165) is 22.0 Å². The van der Waals surface area contributed by atoms with Gasteiger partial charge in [-0.3, -0.25) is 9.69 Å². The Morgan fingerprint density at radius 3 is 2.65 bits per heavy atom. The summed E-state index contributed by atoms with van der Waals surface area (Å²) in [6, 6.07) is 1.71. The topological polar surface area (TPSA) is 71.6 Å². The van der Waals surface area contributed by atoms with Crippen LogP contribution in [0.15, 0.2) is 12.3 Å². The molecule has 1 amide bonds. The number of aromatic nitrogens is 1. The van der Waals surface area contributed by atoms with Crippen LogP contribution in [-0.4, -0.2) is 35.1 Å². The molecular weight excluding hydrogens is 356 g/mol. The monoisotopic (exact) mass is 378 g/mol. The number of fused-ring (bicyclic) bond motifs is 3. The van der Waals surface area contributed by atoms with Gasteiger partial charge in [-0.05, 0) is 38.8 Å². The van der Waals surface area contributed by atoms with Crippen molar-refractivity contribution in [2.45, 2.75) is 46.1 Å². The first kappa shape index (κ1) is 18.6. The Balaban J connectivity index is 2.18. The van der Waals surface area contributed by atoms with E-state index in [4.69, 9.17) is 21.1 Å². The van der Waals surface area contributed by atoms with Crippen LogP contribution in [0.4, 0.5) is 10.5 Å². The minimum absolute atomic E-state index is 0.0254. The zero-order valence-corrected chi connectivity index (χ0v) is 16.4. The molecular formula is C19H23ClN2O4. The number of esters is 1. The predicted octanol–water partition coefficient (Wildman–Crippen LogP) is 4.48. The predicted molar refractivity (Wildman–Crippen MR) is 101 cm³/mol. The third-order valence-electron chi connectivity index (χ3n) is 4.29. The lowest BCUT2D eigenvalue weighted by Gasteiger charge is -2.25. The van der Waals surface area contributed by atoms with E-state index in [2.05, 4.69) is 4.98 Å². The van der Waals surface area contributed by atoms with E-state index >= 15 is 0 Å². The molecule has 140 valence electrons. The fraction of sp³-hybridized carbons (Fsp3) is 0.474. The number of hydrogen-bond acceptors (Lipinski definition) is 4. The number of aromatic amines is 1. The maximum absolute atomic E-state index is 12.7. The van der Waals surface area contributed by atoms with Crippen LogP contribution in [0.1, 0.15) is 44.7 Å². The van der Waals surface area contributed by atoms with Crippen LogP contribution in [0.5, 0.6) is 5.75 Å². The second-order valence-corrected chi connectivity index (χ2v) is 7.87. The molecule has 1 aliphatic rings. The van der Waals surface area contributed by atoms with E-state index < -0.39 is 17.7 Å². The Kier molecular flexibility index (Phi) is 4.65. The quantitative estimate of drug-likeness (QED) is 0.475. The van der Waals surface area contributed by atoms with E-state index in [1.165, 1.54) is 6.92 Å². The standard InChI is InChI=1S/C19H23ClN2O4/c1-10-8-21-17-14(25-11(2)23)6-13-16(15(10)17)12(7-20)9-22(13)18(24)26-19(3,4)5/h6,8,12,21H,7,9H2,1-5H3. The van der Waals surface area contributed by atoms with Crippen LogP contribution in [-0.2, 0) is 9.53 Å². The van der Waals surface area contributed by atoms with Crippen molar-refractivity contribution in [3.05, 3.63) is 23.4 Å². The van der Waals surface area contributed by atoms with Gasteiger partial charge in [-0.2, -0.15) is 0 Å². The third kappa shape index (κ3) is 3.26. The molecule has 0 aliphatic carbocycles. The number of anilines is 1. The number of hydrogen-bond donors (Lipinski definition) is 1. The highest BCUT2D eigenvalue weighted by atomic mass is 35.5. The number of amides is 1. The first-order valence-electron chi connectivity index (χ1n) is 8.52. The van der Waals surface area contributed by atoms with Crippen LogP contribution in [0.2, 0.25) is 0 Å². The molecule has 0 saturated heterocycles. The van der Waals surface area contributed by atoms with Gasteiger partial charge >= 0.3 is 12.1 Å². The summed E-state index contributed by atoms with van der Waals surface area (Å²) < 4.78 is 10.9. The molecule has 1 atom stereocenters. The maximum Gasteiger partial charge on any atom is 0.414 e. The summed E-state index contributed by atoms with van der Waals surface area (Å²) in [4.78, 5) is 29.0. The molecule has 1 aromatic heterocycles. The van der Waals surface area contributed by atoms with Gasteiger partial charge in [-0.1, -0.05) is 0 Å². The van der Waals surface area contributed by atoms with Crippen LogP contribution in [0.3, 0.4) is 0 Å². The van der Waals surface area contributed by atoms with Gasteiger partial charge in [0.15, 0.2) is 5.75 Å². The highest BCUT2D eigenvalue weighted by Crippen LogP contribution is 2.46. The second-order valence-electron chi connectivity index (χ2n) is 7.57. The average Bonchev–Trinajstić information content (AvgIpc) is 3.06. The summed E-state index contributed by atoms with van der Waals surface area (Å²) in [5, 5.41) is 0.940. The Morgan fingerprint density at radius 1 is 1.38 bits per heavy atom. The van der Waals surface area contributed by atoms with E-state index in [-0.39, 0.29) is 5.92 Å². The molecule has 0 bridgehead atoms. The van der Waals surface area contributed by atoms with E-state index in [0.29, 0.717) is 23.9 Å². The Hall–Kier alpha value is -2.21. The van der Waals surface area contributed by atoms with Crippen molar-refractivity contribution < 1.29 is 19.1 Å². The molecule has 1 aliphatic heterocycles. The van der Waals surface area contributed by atoms with Gasteiger partial charge in [0.25, 0.3) is 0 Å². The number of benzene rings is 1. The molecule has 0 saturated carbocycles. The number of carbonyl (C=O) groups excluding carboxylic acids is 2. The van der Waals surface area contributed by atoms with Crippen molar-refractivity contribution in [2.75, 3.05) is 17.3 Å². The van der Waals surface area contributed by atoms with Crippen LogP contribution >= 0.6 is 11.6 Å². The number of ether oxygens (including phenoxy) is 2. The van der Waals surface area contributed by atoms with E-state index in [9.17, 15) is 9.59 Å². The lowest BCUT2D eigenvalue weighted by molar-refractivity contribution is -0.131. The van der Waals surface area contributed by atoms with Gasteiger partial charge in [0.1, 0.15) is 5.60 Å². The summed E-state index contributed by atoms with van der Waals surface area (Å²) in [6.07, 6.45) is 1.42. The molecule has 3 rings (SSSR count). The van der Waals surface area contributed by atoms with E-state index in [1.807, 2.05) is 33.9 Å². The van der Waals surface area contributed by atoms with Crippen molar-refractivity contribution >= 4 is 40.3 Å². The summed E-state index contributed by atoms with van der Waals surface area (Å²) in [5.74, 6) is 0.318. The molecule has 0 radical (unpaired) electrons. The number of rotatable bonds is 2. The SMILES string of the molecule is CC(=O)Oc1cc2c(c3c(C)c[nH]c13)C(CCl)CN2C(=O)OC(C)(C)C. The Morgan fingerprint density at radius 2 is 2.08 bits per heavy atom. The van der Waals surface area contributed by atoms with Gasteiger partial charge in [0, 0.05) is 42.9 Å². The minimum atomic E-state index is -0.608. The smallest absolute Gasteiger partial charge is 0.414 e. The fourth-order valence-corrected chi connectivity index (χ4v) is 3.62. The fourth-order valence-electron chi connectivity index (χ4n) is 3.36. The first-order valence-corrected chi connectivity index (χ1v) is 9.05. The molecule has 26 heavy (non-hydrogen) atoms. The van der Waals surface area contributed by atoms with E-state index in [1.54, 1.807) is 11.0 Å². The minimum Gasteiger partial charge on any atom is -0.443 e. The van der Waals surface area contributed by atoms with Gasteiger partial charge in [0.2, 0.25) is 0 Å². The largest absolute Gasteiger partial charge is 0.443 e. The Bertz CT molecular complexity index is 882. The third-order valence-corrected chi connectivity index (χ3v) is 4.67. The summed E-state index contributed by atoms with van der Waals surface area (Å²) in [5.41, 5.74) is 2.79. The average molecular weight is 379 g/mol. The zero-order valence-electron chi connectivity index (χ0n) is 15.6. The highest BCUT2D eigenvalue weighted by Gasteiger charge is 2.37. The van der Waals surface area contributed by atoms with Gasteiger partial charge in [0.05, 0.1) is 11.2 Å². The van der Waals surface area contributed by atoms with Gasteiger partial charge in [-0.15, -0.1) is 11.6 Å². The lowest BCUT2D eigenvalue weighted by atomic mass is 9.97. The molecule has 0 fully saturated rings. The number of H-pyrrole nitrogens is 1. The number of carbonyl (C=O) groups is 2. The van der Waals surface area contributed by atoms with Crippen LogP contribution in [0.25, 0.3) is 10.9 Å². The van der Waals surface area contributed by atoms with Gasteiger partial charge < -0.3 is 14.5 Å². The molecule has 1 aromatic carbocycles. The highest BCUT2D eigenvalue weighted by molar-refractivity contribution is 6.19. The number of halogens is 1. The molecule has 1 N–H and O–H groups in total. The Labute approximate surface area is 157 Å². The van der Waals surface area contributed by atoms with Crippen LogP contribution < -0.4 is 9.64 Å². The van der Waals surface area contributed by atoms with Crippen molar-refractivity contribution in [1.29, 1.82) is 0 Å². The van der Waals surface area contributed by atoms with Crippen molar-refractivity contribution in [3.8, 4) is 5.75 Å². The molecule has 2 aromatic rings. The number of aryl methyl sites for hydroxylation is 1. The van der Waals surface area contributed by atoms with Crippen molar-refractivity contribution in [1.82, 2.24) is 4.98 Å². The number of alkyl halides is 1. The summed E-state index contributed by atoms with van der Waals surface area (Å²) in [7, 11) is 0. The molecule has 6 nitrogen and oxygen atoms in total. The normalized spacial score (nSPS) is 16.7. The zero-order chi connectivity index (χ0) is 19.2. The lowest BCUT2D eigenvalue weighted by Crippen LogP contribution is -2.36. The van der Waals surface area contributed by atoms with Gasteiger partial charge in [-0.25, -0.2) is 4.79 Å². The summed E-state index contributed by atoms with van der Waals surface area (Å²) in [6.45, 7) is 9.22. The molecule has 0 spiro atoms. The second kappa shape index (κ2) is 6.50. The number of nitrogens with one attached hydrogen (secondary N) is 1. The first-order chi connectivity index (χ1) is 12.1. The van der Waals surface area contributed by atoms with Crippen molar-refractivity contribution in [3.63, 3.8) is 0 Å². The summed E-state index contributed by atoms with van der Waals surface area (Å²) >= 11 is 6.21. The van der Waals surface area contributed by atoms with Crippen molar-refractivity contribution in [2.24, 2.45) is 0 Å². The molecule has 7 heteroatoms.